The molecule has 0 fully saturated rings. The third kappa shape index (κ3) is 5.57. The molecule has 148 valence electrons. The molecule has 2 aromatic carbocycles. The number of ketones is 1. The van der Waals surface area contributed by atoms with Crippen molar-refractivity contribution in [2.75, 3.05) is 27.4 Å². The summed E-state index contributed by atoms with van der Waals surface area (Å²) in [7, 11) is 2.82. The van der Waals surface area contributed by atoms with E-state index >= 15 is 0 Å². The van der Waals surface area contributed by atoms with Crippen LogP contribution in [-0.2, 0) is 9.53 Å². The maximum Gasteiger partial charge on any atom is 0.344 e. The van der Waals surface area contributed by atoms with E-state index in [-0.39, 0.29) is 11.3 Å². The monoisotopic (exact) mass is 388 g/mol. The van der Waals surface area contributed by atoms with E-state index in [4.69, 9.17) is 18.9 Å². The SMILES string of the molecule is CC=Cc1ccc(OCC(=O)OCC(=O)c2ccc(OC)c(F)c2)c(OC)c1. The number of hydrogen-bond donors (Lipinski definition) is 0. The van der Waals surface area contributed by atoms with Gasteiger partial charge in [-0.2, -0.15) is 0 Å². The van der Waals surface area contributed by atoms with Gasteiger partial charge in [0.25, 0.3) is 0 Å². The van der Waals surface area contributed by atoms with Gasteiger partial charge in [-0.15, -0.1) is 0 Å². The molecule has 0 amide bonds. The third-order valence-corrected chi connectivity index (χ3v) is 3.73. The van der Waals surface area contributed by atoms with Crippen molar-refractivity contribution in [1.82, 2.24) is 0 Å². The van der Waals surface area contributed by atoms with E-state index in [0.29, 0.717) is 11.5 Å². The van der Waals surface area contributed by atoms with E-state index < -0.39 is 30.8 Å². The van der Waals surface area contributed by atoms with Crippen LogP contribution in [0.3, 0.4) is 0 Å². The summed E-state index contributed by atoms with van der Waals surface area (Å²) < 4.78 is 34.0. The average molecular weight is 388 g/mol. The van der Waals surface area contributed by atoms with Crippen molar-refractivity contribution in [3.8, 4) is 17.2 Å². The number of benzene rings is 2. The van der Waals surface area contributed by atoms with Gasteiger partial charge in [-0.05, 0) is 42.8 Å². The maximum atomic E-state index is 13.6. The Balaban J connectivity index is 1.89. The van der Waals surface area contributed by atoms with Gasteiger partial charge in [0.1, 0.15) is 0 Å². The summed E-state index contributed by atoms with van der Waals surface area (Å²) in [6.07, 6.45) is 3.78. The van der Waals surface area contributed by atoms with Gasteiger partial charge in [-0.25, -0.2) is 9.18 Å². The van der Waals surface area contributed by atoms with E-state index in [2.05, 4.69) is 0 Å². The van der Waals surface area contributed by atoms with Gasteiger partial charge in [0.05, 0.1) is 14.2 Å². The second kappa shape index (κ2) is 10.1. The van der Waals surface area contributed by atoms with Crippen LogP contribution in [0.5, 0.6) is 17.2 Å². The Kier molecular flexibility index (Phi) is 7.56. The van der Waals surface area contributed by atoms with E-state index in [1.807, 2.05) is 25.1 Å². The highest BCUT2D eigenvalue weighted by atomic mass is 19.1. The van der Waals surface area contributed by atoms with Crippen LogP contribution in [0.2, 0.25) is 0 Å². The van der Waals surface area contributed by atoms with Gasteiger partial charge in [-0.1, -0.05) is 18.2 Å². The highest BCUT2D eigenvalue weighted by Crippen LogP contribution is 2.28. The second-order valence-electron chi connectivity index (χ2n) is 5.63. The zero-order chi connectivity index (χ0) is 20.5. The van der Waals surface area contributed by atoms with Crippen molar-refractivity contribution in [2.45, 2.75) is 6.92 Å². The molecular weight excluding hydrogens is 367 g/mol. The number of rotatable bonds is 9. The van der Waals surface area contributed by atoms with Crippen LogP contribution in [-0.4, -0.2) is 39.2 Å². The highest BCUT2D eigenvalue weighted by Gasteiger charge is 2.14. The lowest BCUT2D eigenvalue weighted by Crippen LogP contribution is -2.19. The molecule has 0 unspecified atom stereocenters. The predicted octanol–water partition coefficient (Wildman–Crippen LogP) is 3.68. The summed E-state index contributed by atoms with van der Waals surface area (Å²) in [5, 5.41) is 0. The standard InChI is InChI=1S/C21H21FO6/c1-4-5-14-6-8-19(20(10-14)26-3)27-13-21(24)28-12-17(23)15-7-9-18(25-2)16(22)11-15/h4-11H,12-13H2,1-3H3. The second-order valence-corrected chi connectivity index (χ2v) is 5.63. The Morgan fingerprint density at radius 1 is 0.964 bits per heavy atom. The maximum absolute atomic E-state index is 13.6. The van der Waals surface area contributed by atoms with Gasteiger partial charge in [-0.3, -0.25) is 4.79 Å². The zero-order valence-electron chi connectivity index (χ0n) is 15.9. The van der Waals surface area contributed by atoms with Gasteiger partial charge in [0.15, 0.2) is 42.1 Å². The first-order valence-electron chi connectivity index (χ1n) is 8.44. The molecule has 0 bridgehead atoms. The Morgan fingerprint density at radius 3 is 2.32 bits per heavy atom. The quantitative estimate of drug-likeness (QED) is 0.482. The zero-order valence-corrected chi connectivity index (χ0v) is 15.9. The molecule has 6 nitrogen and oxygen atoms in total. The molecule has 28 heavy (non-hydrogen) atoms. The molecule has 2 rings (SSSR count). The fraction of sp³-hybridized carbons (Fsp3) is 0.238. The van der Waals surface area contributed by atoms with Crippen molar-refractivity contribution < 1.29 is 32.9 Å². The molecule has 0 aromatic heterocycles. The smallest absolute Gasteiger partial charge is 0.344 e. The molecule has 2 aromatic rings. The third-order valence-electron chi connectivity index (χ3n) is 3.73. The number of Topliss-reactive ketones (excluding diaryl/α,β-unsaturated/α-hetero) is 1. The Hall–Kier alpha value is -3.35. The number of carbonyl (C=O) groups is 2. The summed E-state index contributed by atoms with van der Waals surface area (Å²) in [5.74, 6) is -1.08. The normalized spacial score (nSPS) is 10.6. The van der Waals surface area contributed by atoms with Gasteiger partial charge in [0.2, 0.25) is 0 Å². The minimum absolute atomic E-state index is 0.0244. The van der Waals surface area contributed by atoms with Crippen LogP contribution in [0.15, 0.2) is 42.5 Å². The topological polar surface area (TPSA) is 71.1 Å². The van der Waals surface area contributed by atoms with E-state index in [0.717, 1.165) is 11.6 Å². The molecule has 0 aliphatic carbocycles. The summed E-state index contributed by atoms with van der Waals surface area (Å²) in [4.78, 5) is 23.9. The molecule has 0 saturated heterocycles. The van der Waals surface area contributed by atoms with E-state index in [1.165, 1.54) is 26.4 Å². The van der Waals surface area contributed by atoms with Gasteiger partial charge >= 0.3 is 5.97 Å². The molecule has 0 saturated carbocycles. The molecule has 0 spiro atoms. The molecule has 0 aliphatic heterocycles. The van der Waals surface area contributed by atoms with Crippen LogP contribution in [0.25, 0.3) is 6.08 Å². The van der Waals surface area contributed by atoms with Crippen LogP contribution >= 0.6 is 0 Å². The summed E-state index contributed by atoms with van der Waals surface area (Å²) in [5.41, 5.74) is 1.000. The van der Waals surface area contributed by atoms with Crippen LogP contribution in [0.4, 0.5) is 4.39 Å². The van der Waals surface area contributed by atoms with E-state index in [1.54, 1.807) is 12.1 Å². The number of methoxy groups -OCH3 is 2. The van der Waals surface area contributed by atoms with Crippen molar-refractivity contribution >= 4 is 17.8 Å². The van der Waals surface area contributed by atoms with Crippen LogP contribution < -0.4 is 14.2 Å². The predicted molar refractivity (Wildman–Crippen MR) is 101 cm³/mol. The van der Waals surface area contributed by atoms with Crippen molar-refractivity contribution in [2.24, 2.45) is 0 Å². The number of carbonyl (C=O) groups excluding carboxylic acids is 2. The molecule has 0 aliphatic rings. The summed E-state index contributed by atoms with van der Waals surface area (Å²) in [6.45, 7) is 0.976. The average Bonchev–Trinajstić information content (AvgIpc) is 2.70. The lowest BCUT2D eigenvalue weighted by Gasteiger charge is -2.11. The van der Waals surface area contributed by atoms with Crippen LogP contribution in [0.1, 0.15) is 22.8 Å². The molecule has 0 atom stereocenters. The number of halogens is 1. The van der Waals surface area contributed by atoms with Crippen molar-refractivity contribution in [3.05, 3.63) is 59.4 Å². The molecule has 0 radical (unpaired) electrons. The summed E-state index contributed by atoms with van der Waals surface area (Å²) >= 11 is 0. The molecular formula is C21H21FO6. The first kappa shape index (κ1) is 21.0. The lowest BCUT2D eigenvalue weighted by molar-refractivity contribution is -0.144. The van der Waals surface area contributed by atoms with Crippen molar-refractivity contribution in [1.29, 1.82) is 0 Å². The number of hydrogen-bond acceptors (Lipinski definition) is 6. The Bertz CT molecular complexity index is 875. The molecule has 0 N–H and O–H groups in total. The Labute approximate surface area is 162 Å². The minimum Gasteiger partial charge on any atom is -0.494 e. The minimum atomic E-state index is -0.734. The van der Waals surface area contributed by atoms with Gasteiger partial charge < -0.3 is 18.9 Å². The largest absolute Gasteiger partial charge is 0.494 e. The molecule has 7 heteroatoms. The lowest BCUT2D eigenvalue weighted by atomic mass is 10.1. The fourth-order valence-corrected chi connectivity index (χ4v) is 2.35. The highest BCUT2D eigenvalue weighted by molar-refractivity contribution is 5.98. The first-order chi connectivity index (χ1) is 13.5. The Morgan fingerprint density at radius 2 is 1.68 bits per heavy atom. The summed E-state index contributed by atoms with van der Waals surface area (Å²) in [6, 6.07) is 9.01. The molecule has 0 heterocycles. The number of ether oxygens (including phenoxy) is 4. The van der Waals surface area contributed by atoms with E-state index in [9.17, 15) is 14.0 Å². The van der Waals surface area contributed by atoms with Gasteiger partial charge in [0, 0.05) is 5.56 Å². The first-order valence-corrected chi connectivity index (χ1v) is 8.44. The fourth-order valence-electron chi connectivity index (χ4n) is 2.35. The van der Waals surface area contributed by atoms with Crippen molar-refractivity contribution in [3.63, 3.8) is 0 Å². The van der Waals surface area contributed by atoms with Crippen LogP contribution in [0, 0.1) is 5.82 Å². The number of allylic oxidation sites excluding steroid dienone is 1. The number of esters is 1.